The van der Waals surface area contributed by atoms with E-state index in [2.05, 4.69) is 55.7 Å². The summed E-state index contributed by atoms with van der Waals surface area (Å²) in [6.45, 7) is 7.49. The van der Waals surface area contributed by atoms with Gasteiger partial charge in [-0.25, -0.2) is 0 Å². The quantitative estimate of drug-likeness (QED) is 0.719. The number of benzene rings is 1. The molecule has 0 unspecified atom stereocenters. The number of nitrogens with one attached hydrogen (secondary N) is 2. The zero-order valence-electron chi connectivity index (χ0n) is 9.52. The van der Waals surface area contributed by atoms with Crippen molar-refractivity contribution in [2.24, 2.45) is 0 Å². The Morgan fingerprint density at radius 2 is 1.79 bits per heavy atom. The fourth-order valence-electron chi connectivity index (χ4n) is 1.47. The van der Waals surface area contributed by atoms with E-state index in [4.69, 9.17) is 0 Å². The summed E-state index contributed by atoms with van der Waals surface area (Å²) in [7, 11) is 1.94. The minimum Gasteiger partial charge on any atom is -0.372 e. The maximum absolute atomic E-state index is 3.36. The molecule has 0 aliphatic carbocycles. The van der Waals surface area contributed by atoms with Gasteiger partial charge in [-0.05, 0) is 24.1 Å². The molecule has 1 aromatic rings. The average molecular weight is 192 g/mol. The summed E-state index contributed by atoms with van der Waals surface area (Å²) >= 11 is 0. The Morgan fingerprint density at radius 1 is 1.14 bits per heavy atom. The Kier molecular flexibility index (Phi) is 3.53. The van der Waals surface area contributed by atoms with Gasteiger partial charge in [-0.15, -0.1) is 0 Å². The van der Waals surface area contributed by atoms with E-state index in [0.717, 1.165) is 6.67 Å². The van der Waals surface area contributed by atoms with Gasteiger partial charge in [0.25, 0.3) is 0 Å². The van der Waals surface area contributed by atoms with Crippen molar-refractivity contribution in [1.82, 2.24) is 5.32 Å². The highest BCUT2D eigenvalue weighted by atomic mass is 15.0. The summed E-state index contributed by atoms with van der Waals surface area (Å²) in [6.07, 6.45) is 0. The van der Waals surface area contributed by atoms with Crippen LogP contribution in [0.15, 0.2) is 24.3 Å². The molecule has 0 fully saturated rings. The largest absolute Gasteiger partial charge is 0.372 e. The van der Waals surface area contributed by atoms with Crippen LogP contribution in [0.25, 0.3) is 0 Å². The highest BCUT2D eigenvalue weighted by Gasteiger charge is 2.16. The first kappa shape index (κ1) is 11.1. The Hall–Kier alpha value is -1.02. The third-order valence-electron chi connectivity index (χ3n) is 2.19. The predicted molar refractivity (Wildman–Crippen MR) is 62.7 cm³/mol. The van der Waals surface area contributed by atoms with Crippen LogP contribution in [0.4, 0.5) is 5.69 Å². The molecule has 0 bridgehead atoms. The number of rotatable bonds is 3. The number of para-hydroxylation sites is 1. The number of anilines is 1. The van der Waals surface area contributed by atoms with Gasteiger partial charge in [-0.2, -0.15) is 0 Å². The molecule has 2 heteroatoms. The van der Waals surface area contributed by atoms with Crippen LogP contribution in [-0.4, -0.2) is 13.7 Å². The summed E-state index contributed by atoms with van der Waals surface area (Å²) in [5.41, 5.74) is 2.77. The van der Waals surface area contributed by atoms with Crippen molar-refractivity contribution in [3.63, 3.8) is 0 Å². The van der Waals surface area contributed by atoms with Gasteiger partial charge in [0.15, 0.2) is 0 Å². The van der Waals surface area contributed by atoms with Gasteiger partial charge in [-0.3, -0.25) is 0 Å². The van der Waals surface area contributed by atoms with Gasteiger partial charge < -0.3 is 10.6 Å². The van der Waals surface area contributed by atoms with E-state index < -0.39 is 0 Å². The second kappa shape index (κ2) is 4.47. The molecule has 0 aliphatic rings. The van der Waals surface area contributed by atoms with Gasteiger partial charge in [0.1, 0.15) is 0 Å². The second-order valence-electron chi connectivity index (χ2n) is 4.50. The molecule has 78 valence electrons. The van der Waals surface area contributed by atoms with Crippen LogP contribution >= 0.6 is 0 Å². The van der Waals surface area contributed by atoms with Gasteiger partial charge >= 0.3 is 0 Å². The molecule has 2 N–H and O–H groups in total. The Morgan fingerprint density at radius 3 is 2.36 bits per heavy atom. The molecular formula is C12H20N2. The van der Waals surface area contributed by atoms with Crippen LogP contribution in [0.2, 0.25) is 0 Å². The Bertz CT molecular complexity index is 287. The molecule has 0 radical (unpaired) electrons. The molecule has 0 amide bonds. The lowest BCUT2D eigenvalue weighted by Gasteiger charge is -2.23. The topological polar surface area (TPSA) is 24.1 Å². The minimum atomic E-state index is 0.192. The van der Waals surface area contributed by atoms with E-state index >= 15 is 0 Å². The van der Waals surface area contributed by atoms with Crippen LogP contribution in [-0.2, 0) is 5.41 Å². The predicted octanol–water partition coefficient (Wildman–Crippen LogP) is 2.57. The van der Waals surface area contributed by atoms with Gasteiger partial charge in [0, 0.05) is 5.69 Å². The molecule has 1 rings (SSSR count). The Balaban J connectivity index is 2.92. The normalized spacial score (nSPS) is 11.4. The van der Waals surface area contributed by atoms with Crippen LogP contribution in [0.5, 0.6) is 0 Å². The van der Waals surface area contributed by atoms with Crippen LogP contribution in [0.1, 0.15) is 26.3 Å². The lowest BCUT2D eigenvalue weighted by atomic mass is 9.86. The second-order valence-corrected chi connectivity index (χ2v) is 4.50. The van der Waals surface area contributed by atoms with E-state index in [0.29, 0.717) is 0 Å². The summed E-state index contributed by atoms with van der Waals surface area (Å²) in [5, 5.41) is 6.44. The Labute approximate surface area is 86.7 Å². The molecule has 0 saturated carbocycles. The maximum Gasteiger partial charge on any atom is 0.0650 e. The van der Waals surface area contributed by atoms with Crippen LogP contribution in [0.3, 0.4) is 0 Å². The summed E-state index contributed by atoms with van der Waals surface area (Å²) < 4.78 is 0. The van der Waals surface area contributed by atoms with Crippen molar-refractivity contribution in [3.8, 4) is 0 Å². The molecule has 2 nitrogen and oxygen atoms in total. The van der Waals surface area contributed by atoms with Crippen molar-refractivity contribution in [2.75, 3.05) is 19.0 Å². The standard InChI is InChI=1S/C12H20N2/c1-12(2,3)10-7-5-6-8-11(10)14-9-13-4/h5-8,13-14H,9H2,1-4H3. The SMILES string of the molecule is CNCNc1ccccc1C(C)(C)C. The van der Waals surface area contributed by atoms with E-state index in [9.17, 15) is 0 Å². The highest BCUT2D eigenvalue weighted by Crippen LogP contribution is 2.28. The van der Waals surface area contributed by atoms with Crippen molar-refractivity contribution in [2.45, 2.75) is 26.2 Å². The molecule has 0 spiro atoms. The molecule has 0 saturated heterocycles. The summed E-state index contributed by atoms with van der Waals surface area (Å²) in [6, 6.07) is 8.45. The zero-order chi connectivity index (χ0) is 10.6. The van der Waals surface area contributed by atoms with E-state index in [1.807, 2.05) is 7.05 Å². The first-order chi connectivity index (χ1) is 6.55. The van der Waals surface area contributed by atoms with Crippen molar-refractivity contribution >= 4 is 5.69 Å². The third-order valence-corrected chi connectivity index (χ3v) is 2.19. The van der Waals surface area contributed by atoms with Crippen molar-refractivity contribution in [1.29, 1.82) is 0 Å². The highest BCUT2D eigenvalue weighted by molar-refractivity contribution is 5.53. The van der Waals surface area contributed by atoms with Gasteiger partial charge in [0.05, 0.1) is 6.67 Å². The lowest BCUT2D eigenvalue weighted by Crippen LogP contribution is -2.20. The molecular weight excluding hydrogens is 172 g/mol. The monoisotopic (exact) mass is 192 g/mol. The molecule has 1 aromatic carbocycles. The van der Waals surface area contributed by atoms with E-state index in [1.165, 1.54) is 11.3 Å². The average Bonchev–Trinajstić information content (AvgIpc) is 2.14. The number of hydrogen-bond acceptors (Lipinski definition) is 2. The first-order valence-corrected chi connectivity index (χ1v) is 5.03. The fourth-order valence-corrected chi connectivity index (χ4v) is 1.47. The van der Waals surface area contributed by atoms with Crippen molar-refractivity contribution in [3.05, 3.63) is 29.8 Å². The van der Waals surface area contributed by atoms with E-state index in [1.54, 1.807) is 0 Å². The first-order valence-electron chi connectivity index (χ1n) is 5.03. The molecule has 0 atom stereocenters. The van der Waals surface area contributed by atoms with Crippen LogP contribution < -0.4 is 10.6 Å². The maximum atomic E-state index is 3.36. The minimum absolute atomic E-state index is 0.192. The smallest absolute Gasteiger partial charge is 0.0650 e. The van der Waals surface area contributed by atoms with E-state index in [-0.39, 0.29) is 5.41 Å². The fraction of sp³-hybridized carbons (Fsp3) is 0.500. The molecule has 14 heavy (non-hydrogen) atoms. The third kappa shape index (κ3) is 2.74. The molecule has 0 aromatic heterocycles. The molecule has 0 aliphatic heterocycles. The summed E-state index contributed by atoms with van der Waals surface area (Å²) in [4.78, 5) is 0. The van der Waals surface area contributed by atoms with Crippen molar-refractivity contribution < 1.29 is 0 Å². The molecule has 0 heterocycles. The summed E-state index contributed by atoms with van der Waals surface area (Å²) in [5.74, 6) is 0. The van der Waals surface area contributed by atoms with Crippen LogP contribution in [0, 0.1) is 0 Å². The lowest BCUT2D eigenvalue weighted by molar-refractivity contribution is 0.591. The van der Waals surface area contributed by atoms with Gasteiger partial charge in [0.2, 0.25) is 0 Å². The van der Waals surface area contributed by atoms with Gasteiger partial charge in [-0.1, -0.05) is 39.0 Å². The number of hydrogen-bond donors (Lipinski definition) is 2. The zero-order valence-corrected chi connectivity index (χ0v) is 9.52.